The van der Waals surface area contributed by atoms with Crippen LogP contribution in [0.2, 0.25) is 0 Å². The van der Waals surface area contributed by atoms with Gasteiger partial charge in [0.05, 0.1) is 11.6 Å². The van der Waals surface area contributed by atoms with E-state index in [-0.39, 0.29) is 11.7 Å². The summed E-state index contributed by atoms with van der Waals surface area (Å²) in [6.45, 7) is -0.238. The van der Waals surface area contributed by atoms with Crippen LogP contribution in [-0.2, 0) is 9.59 Å². The van der Waals surface area contributed by atoms with Gasteiger partial charge in [-0.15, -0.1) is 0 Å². The second-order valence-corrected chi connectivity index (χ2v) is 7.69. The first-order chi connectivity index (χ1) is 15.5. The monoisotopic (exact) mass is 513 g/mol. The summed E-state index contributed by atoms with van der Waals surface area (Å²) in [5.74, 6) is 0.363. The van der Waals surface area contributed by atoms with Gasteiger partial charge in [-0.25, -0.2) is 0 Å². The molecule has 7 nitrogen and oxygen atoms in total. The largest absolute Gasteiger partial charge is 0.497 e. The molecule has 0 aliphatic carbocycles. The second-order valence-electron chi connectivity index (χ2n) is 6.49. The van der Waals surface area contributed by atoms with E-state index in [2.05, 4.69) is 32.1 Å². The van der Waals surface area contributed by atoms with Gasteiger partial charge in [0.2, 0.25) is 5.91 Å². The van der Waals surface area contributed by atoms with Crippen molar-refractivity contribution in [3.05, 3.63) is 76.8 Å². The quantitative estimate of drug-likeness (QED) is 0.264. The van der Waals surface area contributed by atoms with E-state index >= 15 is 0 Å². The van der Waals surface area contributed by atoms with Crippen molar-refractivity contribution in [1.82, 2.24) is 16.2 Å². The Balaban J connectivity index is 1.42. The molecule has 0 saturated carbocycles. The van der Waals surface area contributed by atoms with E-state index in [1.807, 2.05) is 42.5 Å². The van der Waals surface area contributed by atoms with Crippen LogP contribution in [0.1, 0.15) is 5.56 Å². The maximum Gasteiger partial charge on any atom is 0.276 e. The van der Waals surface area contributed by atoms with Crippen molar-refractivity contribution in [1.29, 1.82) is 0 Å². The zero-order valence-electron chi connectivity index (χ0n) is 17.1. The van der Waals surface area contributed by atoms with Crippen LogP contribution in [0.3, 0.4) is 0 Å². The van der Waals surface area contributed by atoms with Crippen LogP contribution in [0.15, 0.2) is 71.2 Å². The van der Waals surface area contributed by atoms with Crippen molar-refractivity contribution in [2.24, 2.45) is 0 Å². The lowest BCUT2D eigenvalue weighted by Crippen LogP contribution is -2.49. The average molecular weight is 514 g/mol. The number of methoxy groups -OCH3 is 1. The minimum absolute atomic E-state index is 0.0467. The molecule has 164 valence electrons. The normalized spacial score (nSPS) is 10.6. The molecule has 0 spiro atoms. The van der Waals surface area contributed by atoms with Crippen molar-refractivity contribution < 1.29 is 19.1 Å². The summed E-state index contributed by atoms with van der Waals surface area (Å²) in [5.41, 5.74) is 5.67. The lowest BCUT2D eigenvalue weighted by atomic mass is 10.1. The molecule has 3 N–H and O–H groups in total. The molecule has 0 saturated heterocycles. The Labute approximate surface area is 198 Å². The van der Waals surface area contributed by atoms with Gasteiger partial charge in [0.15, 0.2) is 11.7 Å². The van der Waals surface area contributed by atoms with Crippen LogP contribution in [0.25, 0.3) is 16.8 Å². The number of ether oxygens (including phenoxy) is 2. The maximum atomic E-state index is 12.0. The van der Waals surface area contributed by atoms with Gasteiger partial charge >= 0.3 is 0 Å². The average Bonchev–Trinajstić information content (AvgIpc) is 2.81. The van der Waals surface area contributed by atoms with Gasteiger partial charge in [0.1, 0.15) is 11.5 Å². The van der Waals surface area contributed by atoms with Crippen molar-refractivity contribution in [2.75, 3.05) is 13.7 Å². The van der Waals surface area contributed by atoms with Crippen molar-refractivity contribution in [3.8, 4) is 11.5 Å². The lowest BCUT2D eigenvalue weighted by Gasteiger charge is -2.12. The number of hydrogen-bond donors (Lipinski definition) is 3. The van der Waals surface area contributed by atoms with Gasteiger partial charge in [0.25, 0.3) is 5.91 Å². The van der Waals surface area contributed by atoms with Crippen LogP contribution < -0.4 is 25.6 Å². The van der Waals surface area contributed by atoms with Crippen LogP contribution in [0.5, 0.6) is 11.5 Å². The third-order valence-corrected chi connectivity index (χ3v) is 5.30. The number of nitrogens with one attached hydrogen (secondary N) is 3. The number of hydrazine groups is 1. The number of fused-ring (bicyclic) bond motifs is 1. The number of benzene rings is 3. The first-order valence-electron chi connectivity index (χ1n) is 9.48. The SMILES string of the molecule is COc1ccc(/C=C/C(=O)NC(=S)NNC(=O)COc2ccc3ccccc3c2Br)cc1. The number of halogens is 1. The van der Waals surface area contributed by atoms with Gasteiger partial charge in [-0.05, 0) is 68.8 Å². The fourth-order valence-electron chi connectivity index (χ4n) is 2.70. The molecule has 32 heavy (non-hydrogen) atoms. The minimum atomic E-state index is -0.463. The third kappa shape index (κ3) is 6.53. The fourth-order valence-corrected chi connectivity index (χ4v) is 3.46. The van der Waals surface area contributed by atoms with E-state index in [9.17, 15) is 9.59 Å². The predicted molar refractivity (Wildman–Crippen MR) is 131 cm³/mol. The molecule has 0 aromatic heterocycles. The zero-order valence-corrected chi connectivity index (χ0v) is 19.5. The van der Waals surface area contributed by atoms with E-state index in [1.165, 1.54) is 6.08 Å². The Hall–Kier alpha value is -3.43. The summed E-state index contributed by atoms with van der Waals surface area (Å²) in [5, 5.41) is 4.43. The number of hydrogen-bond acceptors (Lipinski definition) is 5. The molecular formula is C23H20BrN3O4S. The Kier molecular flexibility index (Phi) is 8.18. The highest BCUT2D eigenvalue weighted by molar-refractivity contribution is 9.10. The predicted octanol–water partition coefficient (Wildman–Crippen LogP) is 3.73. The van der Waals surface area contributed by atoms with Crippen LogP contribution >= 0.6 is 28.1 Å². The number of thiocarbonyl (C=S) groups is 1. The van der Waals surface area contributed by atoms with Gasteiger partial charge in [-0.2, -0.15) is 0 Å². The molecule has 0 unspecified atom stereocenters. The molecule has 0 heterocycles. The van der Waals surface area contributed by atoms with Gasteiger partial charge in [0, 0.05) is 6.08 Å². The summed E-state index contributed by atoms with van der Waals surface area (Å²) in [7, 11) is 1.58. The first-order valence-corrected chi connectivity index (χ1v) is 10.7. The Morgan fingerprint density at radius 3 is 2.53 bits per heavy atom. The molecule has 0 aliphatic rings. The van der Waals surface area contributed by atoms with Crippen molar-refractivity contribution in [2.45, 2.75) is 0 Å². The molecule has 0 fully saturated rings. The van der Waals surface area contributed by atoms with Crippen LogP contribution in [0, 0.1) is 0 Å². The van der Waals surface area contributed by atoms with E-state index in [1.54, 1.807) is 31.4 Å². The van der Waals surface area contributed by atoms with E-state index in [0.29, 0.717) is 5.75 Å². The summed E-state index contributed by atoms with van der Waals surface area (Å²) < 4.78 is 11.4. The van der Waals surface area contributed by atoms with Crippen molar-refractivity contribution >= 4 is 61.9 Å². The standard InChI is InChI=1S/C23H20BrN3O4S/c1-30-17-10-6-15(7-11-17)8-13-20(28)25-23(32)27-26-21(29)14-31-19-12-9-16-4-2-3-5-18(16)22(19)24/h2-13H,14H2,1H3,(H,26,29)(H2,25,27,28,32)/b13-8+. The molecule has 0 radical (unpaired) electrons. The molecule has 3 aromatic rings. The molecule has 9 heteroatoms. The Bertz CT molecular complexity index is 1170. The fraction of sp³-hybridized carbons (Fsp3) is 0.0870. The summed E-state index contributed by atoms with van der Waals surface area (Å²) in [6, 6.07) is 18.7. The van der Waals surface area contributed by atoms with Crippen LogP contribution in [0.4, 0.5) is 0 Å². The van der Waals surface area contributed by atoms with Gasteiger partial charge in [-0.1, -0.05) is 42.5 Å². The molecule has 0 atom stereocenters. The number of carbonyl (C=O) groups is 2. The molecule has 0 bridgehead atoms. The first kappa shape index (κ1) is 23.2. The molecule has 3 aromatic carbocycles. The highest BCUT2D eigenvalue weighted by atomic mass is 79.9. The summed E-state index contributed by atoms with van der Waals surface area (Å²) in [6.07, 6.45) is 2.96. The van der Waals surface area contributed by atoms with Gasteiger partial charge < -0.3 is 9.47 Å². The molecule has 0 aliphatic heterocycles. The number of amides is 2. The number of carbonyl (C=O) groups excluding carboxylic acids is 2. The molecule has 2 amide bonds. The van der Waals surface area contributed by atoms with Crippen molar-refractivity contribution in [3.63, 3.8) is 0 Å². The van der Waals surface area contributed by atoms with E-state index in [0.717, 1.165) is 26.6 Å². The molecular weight excluding hydrogens is 494 g/mol. The highest BCUT2D eigenvalue weighted by Crippen LogP contribution is 2.32. The molecule has 3 rings (SSSR count). The second kappa shape index (κ2) is 11.3. The van der Waals surface area contributed by atoms with Crippen LogP contribution in [-0.4, -0.2) is 30.6 Å². The topological polar surface area (TPSA) is 88.7 Å². The highest BCUT2D eigenvalue weighted by Gasteiger charge is 2.09. The van der Waals surface area contributed by atoms with Gasteiger partial charge in [-0.3, -0.25) is 25.8 Å². The van der Waals surface area contributed by atoms with E-state index < -0.39 is 11.8 Å². The summed E-state index contributed by atoms with van der Waals surface area (Å²) >= 11 is 8.51. The lowest BCUT2D eigenvalue weighted by molar-refractivity contribution is -0.123. The van der Waals surface area contributed by atoms with E-state index in [4.69, 9.17) is 21.7 Å². The zero-order chi connectivity index (χ0) is 22.9. The number of rotatable bonds is 6. The Morgan fingerprint density at radius 2 is 1.78 bits per heavy atom. The summed E-state index contributed by atoms with van der Waals surface area (Å²) in [4.78, 5) is 24.0. The maximum absolute atomic E-state index is 12.0. The smallest absolute Gasteiger partial charge is 0.276 e. The Morgan fingerprint density at radius 1 is 1.03 bits per heavy atom. The minimum Gasteiger partial charge on any atom is -0.497 e. The third-order valence-electron chi connectivity index (χ3n) is 4.28.